The Bertz CT molecular complexity index is 277. The van der Waals surface area contributed by atoms with Crippen LogP contribution in [-0.4, -0.2) is 10.1 Å². The van der Waals surface area contributed by atoms with Crippen molar-refractivity contribution in [2.24, 2.45) is 0 Å². The maximum absolute atomic E-state index is 10.0. The molecule has 0 fully saturated rings. The summed E-state index contributed by atoms with van der Waals surface area (Å²) < 4.78 is -0.331. The number of rotatable bonds is 6. The fourth-order valence-electron chi connectivity index (χ4n) is 1.21. The van der Waals surface area contributed by atoms with E-state index in [1.165, 1.54) is 5.56 Å². The zero-order valence-electron chi connectivity index (χ0n) is 7.89. The highest BCUT2D eigenvalue weighted by Crippen LogP contribution is 2.08. The first-order chi connectivity index (χ1) is 6.79. The first-order valence-corrected chi connectivity index (χ1v) is 5.54. The summed E-state index contributed by atoms with van der Waals surface area (Å²) >= 11 is 0.789. The Labute approximate surface area is 87.8 Å². The van der Waals surface area contributed by atoms with Gasteiger partial charge < -0.3 is 0 Å². The van der Waals surface area contributed by atoms with Gasteiger partial charge in [-0.15, -0.1) is 0 Å². The minimum absolute atomic E-state index is 0.331. The number of hydrogen-bond donors (Lipinski definition) is 0. The van der Waals surface area contributed by atoms with Crippen LogP contribution in [0.2, 0.25) is 0 Å². The molecule has 0 aliphatic rings. The van der Waals surface area contributed by atoms with Crippen LogP contribution < -0.4 is 0 Å². The van der Waals surface area contributed by atoms with E-state index < -0.39 is 0 Å². The molecule has 1 rings (SSSR count). The molecule has 0 aliphatic heterocycles. The van der Waals surface area contributed by atoms with Crippen LogP contribution in [0, 0.1) is 10.1 Å². The standard InChI is InChI=1S/C10H13NO2S/c12-11(13)14-9-5-4-8-10-6-2-1-3-7-10/h1-3,6-7H,4-5,8-9H2. The SMILES string of the molecule is O=[N+]([O-])SCCCCc1ccccc1. The summed E-state index contributed by atoms with van der Waals surface area (Å²) in [6.45, 7) is 0. The van der Waals surface area contributed by atoms with Crippen molar-refractivity contribution < 1.29 is 4.33 Å². The van der Waals surface area contributed by atoms with E-state index in [-0.39, 0.29) is 4.33 Å². The molecule has 0 heterocycles. The van der Waals surface area contributed by atoms with Crippen LogP contribution in [0.3, 0.4) is 0 Å². The Kier molecular flexibility index (Phi) is 5.07. The lowest BCUT2D eigenvalue weighted by molar-refractivity contribution is -0.284. The highest BCUT2D eigenvalue weighted by Gasteiger charge is 1.99. The van der Waals surface area contributed by atoms with Crippen LogP contribution >= 0.6 is 11.9 Å². The smallest absolute Gasteiger partial charge is 0.228 e. The van der Waals surface area contributed by atoms with Gasteiger partial charge in [-0.3, -0.25) is 10.1 Å². The molecule has 4 heteroatoms. The molecule has 0 saturated carbocycles. The zero-order valence-corrected chi connectivity index (χ0v) is 8.70. The third-order valence-corrected chi connectivity index (χ3v) is 2.58. The molecular formula is C10H13NO2S. The lowest BCUT2D eigenvalue weighted by Gasteiger charge is -1.98. The van der Waals surface area contributed by atoms with Crippen LogP contribution in [0.5, 0.6) is 0 Å². The van der Waals surface area contributed by atoms with E-state index in [0.29, 0.717) is 5.75 Å². The number of hydrogen-bond acceptors (Lipinski definition) is 3. The second-order valence-corrected chi connectivity index (χ2v) is 3.96. The fourth-order valence-corrected chi connectivity index (χ4v) is 1.70. The molecule has 0 spiro atoms. The summed E-state index contributed by atoms with van der Waals surface area (Å²) in [5.74, 6) is 0.611. The maximum atomic E-state index is 10.0. The van der Waals surface area contributed by atoms with Crippen molar-refractivity contribution in [2.45, 2.75) is 19.3 Å². The highest BCUT2D eigenvalue weighted by atomic mass is 32.2. The quantitative estimate of drug-likeness (QED) is 0.314. The Balaban J connectivity index is 2.08. The van der Waals surface area contributed by atoms with E-state index in [0.717, 1.165) is 31.2 Å². The average molecular weight is 211 g/mol. The number of nitrogens with zero attached hydrogens (tertiary/aromatic N) is 1. The minimum Gasteiger partial charge on any atom is -0.251 e. The van der Waals surface area contributed by atoms with Crippen LogP contribution in [0.15, 0.2) is 30.3 Å². The largest absolute Gasteiger partial charge is 0.251 e. The number of benzene rings is 1. The second kappa shape index (κ2) is 6.43. The van der Waals surface area contributed by atoms with E-state index in [1.807, 2.05) is 18.2 Å². The normalized spacial score (nSPS) is 10.0. The molecule has 3 nitrogen and oxygen atoms in total. The van der Waals surface area contributed by atoms with E-state index in [1.54, 1.807) is 0 Å². The molecule has 0 amide bonds. The Morgan fingerprint density at radius 2 is 1.93 bits per heavy atom. The number of unbranched alkanes of at least 4 members (excludes halogenated alkanes) is 1. The van der Waals surface area contributed by atoms with Crippen molar-refractivity contribution in [1.82, 2.24) is 0 Å². The van der Waals surface area contributed by atoms with E-state index >= 15 is 0 Å². The molecule has 14 heavy (non-hydrogen) atoms. The lowest BCUT2D eigenvalue weighted by Crippen LogP contribution is -1.90. The van der Waals surface area contributed by atoms with E-state index in [2.05, 4.69) is 12.1 Å². The minimum atomic E-state index is -0.331. The zero-order chi connectivity index (χ0) is 10.2. The molecule has 0 saturated heterocycles. The van der Waals surface area contributed by atoms with Gasteiger partial charge in [-0.05, 0) is 24.8 Å². The van der Waals surface area contributed by atoms with Crippen LogP contribution in [0.1, 0.15) is 18.4 Å². The van der Waals surface area contributed by atoms with Crippen molar-refractivity contribution in [1.29, 1.82) is 0 Å². The van der Waals surface area contributed by atoms with Crippen molar-refractivity contribution in [3.8, 4) is 0 Å². The van der Waals surface area contributed by atoms with Crippen LogP contribution in [0.25, 0.3) is 0 Å². The van der Waals surface area contributed by atoms with Crippen molar-refractivity contribution in [3.63, 3.8) is 0 Å². The number of nitro groups is 1. The van der Waals surface area contributed by atoms with Gasteiger partial charge in [-0.25, -0.2) is 0 Å². The molecule has 0 bridgehead atoms. The molecule has 0 aliphatic carbocycles. The third kappa shape index (κ3) is 4.87. The number of aryl methyl sites for hydroxylation is 1. The molecule has 1 aromatic carbocycles. The summed E-state index contributed by atoms with van der Waals surface area (Å²) in [7, 11) is 0. The van der Waals surface area contributed by atoms with Gasteiger partial charge in [0.05, 0.1) is 5.75 Å². The van der Waals surface area contributed by atoms with Gasteiger partial charge >= 0.3 is 0 Å². The summed E-state index contributed by atoms with van der Waals surface area (Å²) in [5.41, 5.74) is 1.30. The molecule has 0 N–H and O–H groups in total. The molecule has 76 valence electrons. The predicted molar refractivity (Wildman–Crippen MR) is 58.8 cm³/mol. The Morgan fingerprint density at radius 1 is 1.21 bits per heavy atom. The summed E-state index contributed by atoms with van der Waals surface area (Å²) in [5, 5.41) is 10.0. The first kappa shape index (κ1) is 11.0. The van der Waals surface area contributed by atoms with Crippen LogP contribution in [-0.2, 0) is 6.42 Å². The summed E-state index contributed by atoms with van der Waals surface area (Å²) in [4.78, 5) is 10.0. The monoisotopic (exact) mass is 211 g/mol. The maximum Gasteiger partial charge on any atom is 0.228 e. The van der Waals surface area contributed by atoms with Gasteiger partial charge in [0.25, 0.3) is 0 Å². The molecule has 0 unspecified atom stereocenters. The highest BCUT2D eigenvalue weighted by molar-refractivity contribution is 7.93. The van der Waals surface area contributed by atoms with Crippen molar-refractivity contribution >= 4 is 11.9 Å². The van der Waals surface area contributed by atoms with Gasteiger partial charge in [0.1, 0.15) is 4.33 Å². The Morgan fingerprint density at radius 3 is 2.57 bits per heavy atom. The Hall–Kier alpha value is -1.03. The summed E-state index contributed by atoms with van der Waals surface area (Å²) in [6.07, 6.45) is 2.94. The summed E-state index contributed by atoms with van der Waals surface area (Å²) in [6, 6.07) is 10.2. The van der Waals surface area contributed by atoms with Crippen molar-refractivity contribution in [3.05, 3.63) is 46.0 Å². The van der Waals surface area contributed by atoms with Gasteiger partial charge in [0.2, 0.25) is 11.9 Å². The van der Waals surface area contributed by atoms with Crippen LogP contribution in [0.4, 0.5) is 0 Å². The molecule has 0 aromatic heterocycles. The topological polar surface area (TPSA) is 43.1 Å². The molecular weight excluding hydrogens is 198 g/mol. The molecule has 0 radical (unpaired) electrons. The van der Waals surface area contributed by atoms with Gasteiger partial charge in [-0.2, -0.15) is 0 Å². The van der Waals surface area contributed by atoms with Crippen molar-refractivity contribution in [2.75, 3.05) is 5.75 Å². The molecule has 0 atom stereocenters. The predicted octanol–water partition coefficient (Wildman–Crippen LogP) is 2.93. The second-order valence-electron chi connectivity index (χ2n) is 3.00. The average Bonchev–Trinajstić information content (AvgIpc) is 2.18. The van der Waals surface area contributed by atoms with Gasteiger partial charge in [0, 0.05) is 0 Å². The molecule has 1 aromatic rings. The van der Waals surface area contributed by atoms with Gasteiger partial charge in [-0.1, -0.05) is 30.3 Å². The first-order valence-electron chi connectivity index (χ1n) is 4.60. The third-order valence-electron chi connectivity index (χ3n) is 1.90. The fraction of sp³-hybridized carbons (Fsp3) is 0.400. The van der Waals surface area contributed by atoms with E-state index in [4.69, 9.17) is 0 Å². The van der Waals surface area contributed by atoms with E-state index in [9.17, 15) is 10.1 Å². The lowest BCUT2D eigenvalue weighted by atomic mass is 10.1. The van der Waals surface area contributed by atoms with Gasteiger partial charge in [0.15, 0.2) is 0 Å².